The van der Waals surface area contributed by atoms with E-state index in [1.807, 2.05) is 11.6 Å². The first-order valence-corrected chi connectivity index (χ1v) is 8.13. The van der Waals surface area contributed by atoms with Crippen molar-refractivity contribution in [1.29, 1.82) is 0 Å². The van der Waals surface area contributed by atoms with Crippen LogP contribution >= 0.6 is 11.3 Å². The minimum atomic E-state index is 0.256. The van der Waals surface area contributed by atoms with Crippen LogP contribution in [0.25, 0.3) is 0 Å². The van der Waals surface area contributed by atoms with Gasteiger partial charge in [-0.3, -0.25) is 0 Å². The van der Waals surface area contributed by atoms with Gasteiger partial charge in [-0.2, -0.15) is 0 Å². The molecule has 0 saturated carbocycles. The smallest absolute Gasteiger partial charge is 0.115 e. The number of rotatable bonds is 4. The number of aromatic nitrogens is 1. The van der Waals surface area contributed by atoms with Crippen LogP contribution in [0.3, 0.4) is 0 Å². The molecule has 20 heavy (non-hydrogen) atoms. The summed E-state index contributed by atoms with van der Waals surface area (Å²) in [5, 5.41) is 6.72. The molecule has 1 aromatic heterocycles. The zero-order valence-electron chi connectivity index (χ0n) is 12.1. The third kappa shape index (κ3) is 2.80. The van der Waals surface area contributed by atoms with Crippen LogP contribution in [0.5, 0.6) is 0 Å². The molecule has 2 heterocycles. The first-order chi connectivity index (χ1) is 9.74. The second kappa shape index (κ2) is 5.83. The van der Waals surface area contributed by atoms with Crippen molar-refractivity contribution < 1.29 is 0 Å². The SMILES string of the molecule is Cc1cc(N2CCCC2)ccc1NC(C)c1nccs1. The number of hydrogen-bond acceptors (Lipinski definition) is 4. The average molecular weight is 287 g/mol. The zero-order valence-corrected chi connectivity index (χ0v) is 12.9. The molecule has 4 heteroatoms. The summed E-state index contributed by atoms with van der Waals surface area (Å²) in [5.74, 6) is 0. The molecule has 1 saturated heterocycles. The molecule has 0 radical (unpaired) electrons. The van der Waals surface area contributed by atoms with E-state index in [1.54, 1.807) is 11.3 Å². The van der Waals surface area contributed by atoms with Crippen LogP contribution in [-0.2, 0) is 0 Å². The second-order valence-corrected chi connectivity index (χ2v) is 6.36. The summed E-state index contributed by atoms with van der Waals surface area (Å²) in [4.78, 5) is 6.84. The van der Waals surface area contributed by atoms with Gasteiger partial charge < -0.3 is 10.2 Å². The molecule has 3 nitrogen and oxygen atoms in total. The summed E-state index contributed by atoms with van der Waals surface area (Å²) >= 11 is 1.70. The maximum absolute atomic E-state index is 4.37. The van der Waals surface area contributed by atoms with Crippen LogP contribution in [0.2, 0.25) is 0 Å². The highest BCUT2D eigenvalue weighted by Crippen LogP contribution is 2.28. The maximum Gasteiger partial charge on any atom is 0.115 e. The van der Waals surface area contributed by atoms with Crippen molar-refractivity contribution in [2.75, 3.05) is 23.3 Å². The maximum atomic E-state index is 4.37. The van der Waals surface area contributed by atoms with Gasteiger partial charge in [0.05, 0.1) is 6.04 Å². The topological polar surface area (TPSA) is 28.2 Å². The minimum absolute atomic E-state index is 0.256. The van der Waals surface area contributed by atoms with Crippen molar-refractivity contribution in [2.45, 2.75) is 32.7 Å². The zero-order chi connectivity index (χ0) is 13.9. The fourth-order valence-electron chi connectivity index (χ4n) is 2.73. The van der Waals surface area contributed by atoms with Crippen molar-refractivity contribution in [3.8, 4) is 0 Å². The molecule has 1 fully saturated rings. The van der Waals surface area contributed by atoms with Crippen LogP contribution in [0.1, 0.15) is 36.4 Å². The van der Waals surface area contributed by atoms with Crippen LogP contribution in [0, 0.1) is 6.92 Å². The molecule has 1 atom stereocenters. The number of nitrogens with zero attached hydrogens (tertiary/aromatic N) is 2. The van der Waals surface area contributed by atoms with E-state index in [1.165, 1.54) is 42.9 Å². The minimum Gasteiger partial charge on any atom is -0.376 e. The van der Waals surface area contributed by atoms with E-state index in [0.29, 0.717) is 0 Å². The Hall–Kier alpha value is -1.55. The molecule has 1 aliphatic heterocycles. The molecule has 0 spiro atoms. The monoisotopic (exact) mass is 287 g/mol. The molecular weight excluding hydrogens is 266 g/mol. The number of hydrogen-bond donors (Lipinski definition) is 1. The number of aryl methyl sites for hydroxylation is 1. The van der Waals surface area contributed by atoms with Gasteiger partial charge in [-0.1, -0.05) is 0 Å². The molecule has 2 aromatic rings. The predicted octanol–water partition coefficient (Wildman–Crippen LogP) is 4.22. The Morgan fingerprint density at radius 1 is 1.30 bits per heavy atom. The summed E-state index contributed by atoms with van der Waals surface area (Å²) in [6, 6.07) is 6.98. The Kier molecular flexibility index (Phi) is 3.92. The van der Waals surface area contributed by atoms with Gasteiger partial charge in [0.25, 0.3) is 0 Å². The van der Waals surface area contributed by atoms with E-state index in [9.17, 15) is 0 Å². The van der Waals surface area contributed by atoms with Gasteiger partial charge in [0, 0.05) is 36.0 Å². The van der Waals surface area contributed by atoms with E-state index in [4.69, 9.17) is 0 Å². The Morgan fingerprint density at radius 2 is 2.10 bits per heavy atom. The first kappa shape index (κ1) is 13.4. The Morgan fingerprint density at radius 3 is 2.75 bits per heavy atom. The second-order valence-electron chi connectivity index (χ2n) is 5.43. The van der Waals surface area contributed by atoms with Gasteiger partial charge in [-0.05, 0) is 50.5 Å². The molecule has 1 aliphatic rings. The summed E-state index contributed by atoms with van der Waals surface area (Å²) < 4.78 is 0. The molecule has 106 valence electrons. The molecule has 0 bridgehead atoms. The van der Waals surface area contributed by atoms with Crippen molar-refractivity contribution in [1.82, 2.24) is 4.98 Å². The van der Waals surface area contributed by atoms with E-state index < -0.39 is 0 Å². The van der Waals surface area contributed by atoms with Crippen LogP contribution in [0.4, 0.5) is 11.4 Å². The lowest BCUT2D eigenvalue weighted by molar-refractivity contribution is 0.867. The lowest BCUT2D eigenvalue weighted by atomic mass is 10.1. The van der Waals surface area contributed by atoms with Gasteiger partial charge in [0.15, 0.2) is 0 Å². The molecule has 0 aliphatic carbocycles. The molecule has 1 unspecified atom stereocenters. The number of anilines is 2. The first-order valence-electron chi connectivity index (χ1n) is 7.25. The van der Waals surface area contributed by atoms with Crippen molar-refractivity contribution in [3.63, 3.8) is 0 Å². The Labute approximate surface area is 124 Å². The highest BCUT2D eigenvalue weighted by atomic mass is 32.1. The van der Waals surface area contributed by atoms with Crippen LogP contribution in [-0.4, -0.2) is 18.1 Å². The van der Waals surface area contributed by atoms with Crippen LogP contribution < -0.4 is 10.2 Å². The van der Waals surface area contributed by atoms with Crippen molar-refractivity contribution >= 4 is 22.7 Å². The lowest BCUT2D eigenvalue weighted by Gasteiger charge is -2.21. The lowest BCUT2D eigenvalue weighted by Crippen LogP contribution is -2.17. The van der Waals surface area contributed by atoms with Crippen molar-refractivity contribution in [3.05, 3.63) is 40.3 Å². The fraction of sp³-hybridized carbons (Fsp3) is 0.438. The van der Waals surface area contributed by atoms with E-state index in [0.717, 1.165) is 5.01 Å². The number of thiazole rings is 1. The Bertz CT molecular complexity index is 559. The van der Waals surface area contributed by atoms with E-state index in [-0.39, 0.29) is 6.04 Å². The fourth-order valence-corrected chi connectivity index (χ4v) is 3.37. The van der Waals surface area contributed by atoms with E-state index >= 15 is 0 Å². The van der Waals surface area contributed by atoms with Gasteiger partial charge in [-0.25, -0.2) is 4.98 Å². The van der Waals surface area contributed by atoms with Crippen molar-refractivity contribution in [2.24, 2.45) is 0 Å². The summed E-state index contributed by atoms with van der Waals surface area (Å²) in [6.45, 7) is 6.73. The predicted molar refractivity (Wildman–Crippen MR) is 86.8 cm³/mol. The van der Waals surface area contributed by atoms with Gasteiger partial charge in [0.1, 0.15) is 5.01 Å². The van der Waals surface area contributed by atoms with Gasteiger partial charge in [-0.15, -0.1) is 11.3 Å². The highest BCUT2D eigenvalue weighted by Gasteiger charge is 2.14. The quantitative estimate of drug-likeness (QED) is 0.912. The normalized spacial score (nSPS) is 16.4. The molecule has 1 aromatic carbocycles. The average Bonchev–Trinajstić information content (AvgIpc) is 3.14. The summed E-state index contributed by atoms with van der Waals surface area (Å²) in [6.07, 6.45) is 4.50. The number of nitrogens with one attached hydrogen (secondary N) is 1. The standard InChI is InChI=1S/C16H21N3S/c1-12-11-14(19-8-3-4-9-19)5-6-15(12)18-13(2)16-17-7-10-20-16/h5-7,10-11,13,18H,3-4,8-9H2,1-2H3. The third-order valence-corrected chi connectivity index (χ3v) is 4.83. The van der Waals surface area contributed by atoms with E-state index in [2.05, 4.69) is 47.2 Å². The summed E-state index contributed by atoms with van der Waals surface area (Å²) in [5.41, 5.74) is 3.86. The molecular formula is C16H21N3S. The third-order valence-electron chi connectivity index (χ3n) is 3.88. The van der Waals surface area contributed by atoms with Gasteiger partial charge >= 0.3 is 0 Å². The molecule has 1 N–H and O–H groups in total. The molecule has 0 amide bonds. The van der Waals surface area contributed by atoms with Crippen LogP contribution in [0.15, 0.2) is 29.8 Å². The molecule has 3 rings (SSSR count). The largest absolute Gasteiger partial charge is 0.376 e. The number of benzene rings is 1. The Balaban J connectivity index is 1.74. The summed E-state index contributed by atoms with van der Waals surface area (Å²) in [7, 11) is 0. The van der Waals surface area contributed by atoms with Gasteiger partial charge in [0.2, 0.25) is 0 Å². The highest BCUT2D eigenvalue weighted by molar-refractivity contribution is 7.09.